The van der Waals surface area contributed by atoms with Gasteiger partial charge in [-0.15, -0.1) is 0 Å². The number of anilines is 7. The van der Waals surface area contributed by atoms with Gasteiger partial charge in [-0.3, -0.25) is 4.90 Å². The molecular weight excluding hydrogens is 654 g/mol. The summed E-state index contributed by atoms with van der Waals surface area (Å²) in [5.74, 6) is 0.842. The van der Waals surface area contributed by atoms with Crippen molar-refractivity contribution >= 4 is 54.1 Å². The van der Waals surface area contributed by atoms with Gasteiger partial charge in [-0.1, -0.05) is 121 Å². The van der Waals surface area contributed by atoms with Crippen LogP contribution in [-0.2, 0) is 0 Å². The molecular formula is C46H38N5P. The van der Waals surface area contributed by atoms with Gasteiger partial charge in [0.25, 0.3) is 0 Å². The van der Waals surface area contributed by atoms with E-state index in [1.807, 2.05) is 133 Å². The molecule has 0 aliphatic carbocycles. The van der Waals surface area contributed by atoms with E-state index in [9.17, 15) is 0 Å². The molecule has 5 nitrogen and oxygen atoms in total. The van der Waals surface area contributed by atoms with Gasteiger partial charge in [0, 0.05) is 42.9 Å². The quantitative estimate of drug-likeness (QED) is 0.145. The van der Waals surface area contributed by atoms with Gasteiger partial charge in [0.1, 0.15) is 5.82 Å². The van der Waals surface area contributed by atoms with Crippen LogP contribution in [0.5, 0.6) is 0 Å². The van der Waals surface area contributed by atoms with Crippen LogP contribution in [0.4, 0.5) is 39.9 Å². The van der Waals surface area contributed by atoms with E-state index < -0.39 is 0 Å². The molecule has 52 heavy (non-hydrogen) atoms. The Morgan fingerprint density at radius 3 is 1.19 bits per heavy atom. The largest absolute Gasteiger partial charge is 0.356 e. The van der Waals surface area contributed by atoms with Crippen molar-refractivity contribution in [2.75, 3.05) is 14.9 Å². The van der Waals surface area contributed by atoms with E-state index in [0.29, 0.717) is 8.73 Å². The Kier molecular flexibility index (Phi) is 11.4. The average Bonchev–Trinajstić information content (AvgIpc) is 3.23. The lowest BCUT2D eigenvalue weighted by atomic mass is 10.2. The van der Waals surface area contributed by atoms with Gasteiger partial charge in [0.05, 0.1) is 16.8 Å². The summed E-state index contributed by atoms with van der Waals surface area (Å²) in [7, 11) is 0.323. The van der Waals surface area contributed by atoms with Crippen molar-refractivity contribution in [3.63, 3.8) is 0 Å². The van der Waals surface area contributed by atoms with Crippen molar-refractivity contribution in [2.45, 2.75) is 0 Å². The maximum atomic E-state index is 5.09. The zero-order valence-electron chi connectivity index (χ0n) is 28.6. The van der Waals surface area contributed by atoms with Crippen LogP contribution in [0.25, 0.3) is 11.4 Å². The van der Waals surface area contributed by atoms with Crippen molar-refractivity contribution in [2.24, 2.45) is 0 Å². The monoisotopic (exact) mass is 691 g/mol. The summed E-state index contributed by atoms with van der Waals surface area (Å²) in [5, 5.41) is 3.30. The average molecular weight is 692 g/mol. The number of aromatic nitrogens is 2. The van der Waals surface area contributed by atoms with Crippen molar-refractivity contribution in [1.29, 1.82) is 0 Å². The predicted molar refractivity (Wildman–Crippen MR) is 221 cm³/mol. The Morgan fingerprint density at radius 2 is 0.731 bits per heavy atom. The molecule has 1 N–H and O–H groups in total. The van der Waals surface area contributed by atoms with Crippen molar-refractivity contribution < 1.29 is 0 Å². The molecule has 0 aliphatic heterocycles. The highest BCUT2D eigenvalue weighted by Crippen LogP contribution is 2.36. The molecule has 0 amide bonds. The van der Waals surface area contributed by atoms with Gasteiger partial charge in [0.2, 0.25) is 0 Å². The number of pyridine rings is 2. The number of hydrogen-bond donors (Lipinski definition) is 1. The van der Waals surface area contributed by atoms with Gasteiger partial charge in [-0.25, -0.2) is 9.97 Å². The van der Waals surface area contributed by atoms with Gasteiger partial charge < -0.3 is 9.99 Å². The summed E-state index contributed by atoms with van der Waals surface area (Å²) >= 11 is 0. The lowest BCUT2D eigenvalue weighted by Gasteiger charge is -2.25. The van der Waals surface area contributed by atoms with Crippen LogP contribution in [0.3, 0.4) is 0 Å². The molecule has 252 valence electrons. The molecule has 6 aromatic carbocycles. The minimum Gasteiger partial charge on any atom is -0.356 e. The Hall–Kier alpha value is -6.55. The highest BCUT2D eigenvalue weighted by atomic mass is 31.1. The first kappa shape index (κ1) is 33.9. The summed E-state index contributed by atoms with van der Waals surface area (Å²) in [6, 6.07) is 74.2. The highest BCUT2D eigenvalue weighted by molar-refractivity contribution is 7.49. The molecule has 0 saturated carbocycles. The van der Waals surface area contributed by atoms with Crippen molar-refractivity contribution in [1.82, 2.24) is 9.97 Å². The molecule has 0 saturated heterocycles. The molecule has 1 unspecified atom stereocenters. The summed E-state index contributed by atoms with van der Waals surface area (Å²) in [6.07, 6.45) is 0. The van der Waals surface area contributed by atoms with E-state index in [2.05, 4.69) is 99.8 Å². The second-order valence-electron chi connectivity index (χ2n) is 11.8. The molecule has 2 aromatic heterocycles. The zero-order valence-corrected chi connectivity index (χ0v) is 29.6. The minimum atomic E-state index is 0.323. The van der Waals surface area contributed by atoms with Crippen molar-refractivity contribution in [3.05, 3.63) is 218 Å². The van der Waals surface area contributed by atoms with Gasteiger partial charge in [-0.2, -0.15) is 0 Å². The fourth-order valence-electron chi connectivity index (χ4n) is 5.65. The maximum Gasteiger partial charge on any atom is 0.138 e. The molecule has 0 aliphatic rings. The Labute approximate surface area is 307 Å². The number of para-hydroxylation sites is 6. The van der Waals surface area contributed by atoms with E-state index >= 15 is 0 Å². The second kappa shape index (κ2) is 17.4. The van der Waals surface area contributed by atoms with Crippen LogP contribution < -0.4 is 20.3 Å². The zero-order chi connectivity index (χ0) is 35.2. The molecule has 2 heterocycles. The lowest BCUT2D eigenvalue weighted by Crippen LogP contribution is -2.14. The number of benzene rings is 6. The number of nitrogens with zero attached hydrogens (tertiary/aromatic N) is 4. The summed E-state index contributed by atoms with van der Waals surface area (Å²) in [4.78, 5) is 12.3. The minimum absolute atomic E-state index is 0.323. The topological polar surface area (TPSA) is 44.3 Å². The second-order valence-corrected chi connectivity index (χ2v) is 13.0. The third-order valence-corrected chi connectivity index (χ3v) is 9.34. The maximum absolute atomic E-state index is 5.09. The van der Waals surface area contributed by atoms with E-state index in [4.69, 9.17) is 9.97 Å². The van der Waals surface area contributed by atoms with Gasteiger partial charge >= 0.3 is 0 Å². The first-order chi connectivity index (χ1) is 25.8. The molecule has 0 radical (unpaired) electrons. The number of rotatable bonds is 10. The van der Waals surface area contributed by atoms with E-state index in [-0.39, 0.29) is 0 Å². The fourth-order valence-corrected chi connectivity index (χ4v) is 6.78. The first-order valence-electron chi connectivity index (χ1n) is 17.2. The smallest absolute Gasteiger partial charge is 0.138 e. The molecule has 0 fully saturated rings. The SMILES string of the molecule is c1ccc(N(Pc2cccc(-c3cccc(N(c4ccccc4)c4ccccc4)n3)n2)c2ccccc2)cc1.c1ccc(Nc2ccccc2)cc1. The third kappa shape index (κ3) is 8.97. The van der Waals surface area contributed by atoms with Gasteiger partial charge in [-0.05, 0) is 97.1 Å². The molecule has 1 atom stereocenters. The Bertz CT molecular complexity index is 2120. The standard InChI is InChI=1S/C34H27N4P.C12H11N/c1-5-15-27(16-6-1)37(28-17-7-2-8-18-28)33-25-13-23-31(35-33)32-24-14-26-34(36-32)39-38(29-19-9-3-10-20-29)30-21-11-4-12-22-30;1-3-7-11(8-4-1)13-12-9-5-2-6-10-12/h1-26,39H;1-10,13H. The van der Waals surface area contributed by atoms with Crippen LogP contribution in [0.1, 0.15) is 0 Å². The summed E-state index contributed by atoms with van der Waals surface area (Å²) in [6.45, 7) is 0. The van der Waals surface area contributed by atoms with Crippen molar-refractivity contribution in [3.8, 4) is 11.4 Å². The molecule has 0 spiro atoms. The third-order valence-electron chi connectivity index (χ3n) is 8.10. The van der Waals surface area contributed by atoms with E-state index in [0.717, 1.165) is 56.8 Å². The van der Waals surface area contributed by atoms with Crippen LogP contribution in [0, 0.1) is 0 Å². The summed E-state index contributed by atoms with van der Waals surface area (Å²) in [5.41, 5.74) is 9.30. The normalized spacial score (nSPS) is 10.6. The van der Waals surface area contributed by atoms with Crippen LogP contribution in [-0.4, -0.2) is 9.97 Å². The molecule has 8 rings (SSSR count). The number of nitrogens with one attached hydrogen (secondary N) is 1. The van der Waals surface area contributed by atoms with Gasteiger partial charge in [0.15, 0.2) is 0 Å². The molecule has 8 aromatic rings. The van der Waals surface area contributed by atoms with E-state index in [1.54, 1.807) is 0 Å². The highest BCUT2D eigenvalue weighted by Gasteiger charge is 2.16. The van der Waals surface area contributed by atoms with Crippen LogP contribution in [0.15, 0.2) is 218 Å². The Balaban J connectivity index is 0.000000271. The summed E-state index contributed by atoms with van der Waals surface area (Å²) < 4.78 is 2.31. The Morgan fingerprint density at radius 1 is 0.346 bits per heavy atom. The predicted octanol–water partition coefficient (Wildman–Crippen LogP) is 12.1. The fraction of sp³-hybridized carbons (Fsp3) is 0. The van der Waals surface area contributed by atoms with Crippen LogP contribution >= 0.6 is 8.73 Å². The lowest BCUT2D eigenvalue weighted by molar-refractivity contribution is 1.17. The van der Waals surface area contributed by atoms with E-state index in [1.165, 1.54) is 0 Å². The first-order valence-corrected chi connectivity index (χ1v) is 18.1. The number of hydrogen-bond acceptors (Lipinski definition) is 5. The molecule has 6 heteroatoms. The molecule has 0 bridgehead atoms. The van der Waals surface area contributed by atoms with Crippen LogP contribution in [0.2, 0.25) is 0 Å².